The Hall–Kier alpha value is -3.02. The van der Waals surface area contributed by atoms with Crippen LogP contribution in [0.15, 0.2) is 36.4 Å². The Labute approximate surface area is 140 Å². The van der Waals surface area contributed by atoms with Crippen LogP contribution in [0.25, 0.3) is 0 Å². The normalized spacial score (nSPS) is 10.0. The Balaban J connectivity index is 2.31. The number of methoxy groups -OCH3 is 3. The predicted octanol–water partition coefficient (Wildman–Crippen LogP) is 3.05. The van der Waals surface area contributed by atoms with E-state index in [1.165, 1.54) is 14.2 Å². The van der Waals surface area contributed by atoms with E-state index in [1.54, 1.807) is 43.5 Å². The first-order valence-corrected chi connectivity index (χ1v) is 7.23. The van der Waals surface area contributed by atoms with Crippen LogP contribution in [-0.4, -0.2) is 33.2 Å². The highest BCUT2D eigenvalue weighted by Gasteiger charge is 2.17. The number of carbonyl (C=O) groups is 2. The average molecular weight is 329 g/mol. The van der Waals surface area contributed by atoms with Gasteiger partial charge in [-0.1, -0.05) is 6.07 Å². The molecular formula is C18H19NO5. The Kier molecular flexibility index (Phi) is 5.42. The fourth-order valence-electron chi connectivity index (χ4n) is 2.38. The van der Waals surface area contributed by atoms with Crippen LogP contribution in [0.1, 0.15) is 26.3 Å². The second-order valence-corrected chi connectivity index (χ2v) is 5.00. The van der Waals surface area contributed by atoms with Crippen molar-refractivity contribution < 1.29 is 23.8 Å². The third kappa shape index (κ3) is 3.48. The molecule has 1 N–H and O–H groups in total. The molecule has 24 heavy (non-hydrogen) atoms. The molecule has 0 spiro atoms. The number of nitrogens with one attached hydrogen (secondary N) is 1. The molecule has 6 nitrogen and oxygen atoms in total. The van der Waals surface area contributed by atoms with Crippen LogP contribution in [0.2, 0.25) is 0 Å². The Morgan fingerprint density at radius 2 is 1.75 bits per heavy atom. The second kappa shape index (κ2) is 7.50. The number of ether oxygens (including phenoxy) is 3. The van der Waals surface area contributed by atoms with Crippen LogP contribution < -0.4 is 14.8 Å². The van der Waals surface area contributed by atoms with Gasteiger partial charge in [-0.3, -0.25) is 4.79 Å². The van der Waals surface area contributed by atoms with Crippen LogP contribution >= 0.6 is 0 Å². The minimum absolute atomic E-state index is 0.348. The molecule has 0 saturated heterocycles. The van der Waals surface area contributed by atoms with Crippen molar-refractivity contribution in [2.45, 2.75) is 6.92 Å². The van der Waals surface area contributed by atoms with E-state index in [0.29, 0.717) is 28.3 Å². The summed E-state index contributed by atoms with van der Waals surface area (Å²) >= 11 is 0. The predicted molar refractivity (Wildman–Crippen MR) is 90.0 cm³/mol. The highest BCUT2D eigenvalue weighted by atomic mass is 16.5. The molecule has 0 aliphatic carbocycles. The number of rotatable bonds is 5. The number of benzene rings is 2. The topological polar surface area (TPSA) is 73.9 Å². The summed E-state index contributed by atoms with van der Waals surface area (Å²) in [6, 6.07) is 9.85. The monoisotopic (exact) mass is 329 g/mol. The zero-order chi connectivity index (χ0) is 17.7. The summed E-state index contributed by atoms with van der Waals surface area (Å²) in [6.45, 7) is 1.81. The van der Waals surface area contributed by atoms with Crippen molar-refractivity contribution in [2.24, 2.45) is 0 Å². The lowest BCUT2D eigenvalue weighted by atomic mass is 10.1. The first-order valence-electron chi connectivity index (χ1n) is 7.23. The minimum atomic E-state index is -0.469. The Bertz CT molecular complexity index is 770. The molecule has 6 heteroatoms. The highest BCUT2D eigenvalue weighted by molar-refractivity contribution is 6.07. The van der Waals surface area contributed by atoms with E-state index >= 15 is 0 Å². The lowest BCUT2D eigenvalue weighted by Crippen LogP contribution is -2.14. The molecule has 2 aromatic carbocycles. The first-order chi connectivity index (χ1) is 11.5. The van der Waals surface area contributed by atoms with E-state index in [0.717, 1.165) is 5.56 Å². The van der Waals surface area contributed by atoms with Crippen molar-refractivity contribution in [1.29, 1.82) is 0 Å². The number of anilines is 1. The summed E-state index contributed by atoms with van der Waals surface area (Å²) in [5, 5.41) is 2.75. The van der Waals surface area contributed by atoms with Gasteiger partial charge in [0.1, 0.15) is 11.5 Å². The Morgan fingerprint density at radius 3 is 2.38 bits per heavy atom. The van der Waals surface area contributed by atoms with Gasteiger partial charge in [0.25, 0.3) is 5.91 Å². The molecule has 2 aromatic rings. The van der Waals surface area contributed by atoms with E-state index in [1.807, 2.05) is 6.92 Å². The molecule has 0 atom stereocenters. The summed E-state index contributed by atoms with van der Waals surface area (Å²) in [5.74, 6) is 0.260. The number of hydrogen-bond donors (Lipinski definition) is 1. The van der Waals surface area contributed by atoms with Gasteiger partial charge in [0.15, 0.2) is 0 Å². The molecule has 0 unspecified atom stereocenters. The highest BCUT2D eigenvalue weighted by Crippen LogP contribution is 2.31. The van der Waals surface area contributed by atoms with Crippen LogP contribution in [0, 0.1) is 6.92 Å². The van der Waals surface area contributed by atoms with Gasteiger partial charge in [-0.25, -0.2) is 4.79 Å². The van der Waals surface area contributed by atoms with Gasteiger partial charge < -0.3 is 19.5 Å². The molecule has 0 aliphatic rings. The molecule has 0 saturated carbocycles. The summed E-state index contributed by atoms with van der Waals surface area (Å²) in [4.78, 5) is 24.1. The maximum atomic E-state index is 12.5. The maximum absolute atomic E-state index is 12.5. The van der Waals surface area contributed by atoms with Gasteiger partial charge >= 0.3 is 5.97 Å². The van der Waals surface area contributed by atoms with Crippen molar-refractivity contribution in [2.75, 3.05) is 26.6 Å². The molecule has 0 heterocycles. The zero-order valence-electron chi connectivity index (χ0n) is 14.0. The van der Waals surface area contributed by atoms with Crippen LogP contribution in [0.5, 0.6) is 11.5 Å². The lowest BCUT2D eigenvalue weighted by molar-refractivity contribution is 0.0600. The standard InChI is InChI=1S/C18H19NO5/c1-11-15(22-2)9-8-14(16(11)23-3)17(20)19-13-7-5-6-12(10-13)18(21)24-4/h5-10H,1-4H3,(H,19,20). The fraction of sp³-hybridized carbons (Fsp3) is 0.222. The van der Waals surface area contributed by atoms with Gasteiger partial charge in [0, 0.05) is 11.3 Å². The molecule has 2 rings (SSSR count). The summed E-state index contributed by atoms with van der Waals surface area (Å²) in [5.41, 5.74) is 1.95. The van der Waals surface area contributed by atoms with Crippen molar-refractivity contribution in [3.8, 4) is 11.5 Å². The number of carbonyl (C=O) groups excluding carboxylic acids is 2. The number of esters is 1. The number of hydrogen-bond acceptors (Lipinski definition) is 5. The number of amides is 1. The summed E-state index contributed by atoms with van der Waals surface area (Å²) in [6.07, 6.45) is 0. The lowest BCUT2D eigenvalue weighted by Gasteiger charge is -2.14. The maximum Gasteiger partial charge on any atom is 0.337 e. The quantitative estimate of drug-likeness (QED) is 0.854. The van der Waals surface area contributed by atoms with Crippen molar-refractivity contribution in [1.82, 2.24) is 0 Å². The van der Waals surface area contributed by atoms with E-state index in [9.17, 15) is 9.59 Å². The van der Waals surface area contributed by atoms with E-state index in [4.69, 9.17) is 9.47 Å². The Morgan fingerprint density at radius 1 is 1.00 bits per heavy atom. The average Bonchev–Trinajstić information content (AvgIpc) is 2.60. The SMILES string of the molecule is COC(=O)c1cccc(NC(=O)c2ccc(OC)c(C)c2OC)c1. The van der Waals surface area contributed by atoms with Crippen molar-refractivity contribution in [3.63, 3.8) is 0 Å². The van der Waals surface area contributed by atoms with Gasteiger partial charge in [-0.05, 0) is 37.3 Å². The van der Waals surface area contributed by atoms with Crippen molar-refractivity contribution >= 4 is 17.6 Å². The largest absolute Gasteiger partial charge is 0.496 e. The molecular weight excluding hydrogens is 310 g/mol. The third-order valence-corrected chi connectivity index (χ3v) is 3.57. The van der Waals surface area contributed by atoms with E-state index < -0.39 is 5.97 Å². The van der Waals surface area contributed by atoms with Crippen molar-refractivity contribution in [3.05, 3.63) is 53.1 Å². The van der Waals surface area contributed by atoms with Gasteiger partial charge in [0.05, 0.1) is 32.5 Å². The van der Waals surface area contributed by atoms with Crippen LogP contribution in [0.4, 0.5) is 5.69 Å². The smallest absolute Gasteiger partial charge is 0.337 e. The molecule has 0 fully saturated rings. The fourth-order valence-corrected chi connectivity index (χ4v) is 2.38. The van der Waals surface area contributed by atoms with Gasteiger partial charge in [-0.15, -0.1) is 0 Å². The van der Waals surface area contributed by atoms with E-state index in [2.05, 4.69) is 10.1 Å². The molecule has 1 amide bonds. The zero-order valence-corrected chi connectivity index (χ0v) is 14.0. The second-order valence-electron chi connectivity index (χ2n) is 5.00. The summed E-state index contributed by atoms with van der Waals surface area (Å²) < 4.78 is 15.2. The minimum Gasteiger partial charge on any atom is -0.496 e. The third-order valence-electron chi connectivity index (χ3n) is 3.57. The molecule has 0 aromatic heterocycles. The van der Waals surface area contributed by atoms with Crippen LogP contribution in [-0.2, 0) is 4.74 Å². The van der Waals surface area contributed by atoms with E-state index in [-0.39, 0.29) is 5.91 Å². The molecule has 0 bridgehead atoms. The molecule has 0 aliphatic heterocycles. The van der Waals surface area contributed by atoms with Gasteiger partial charge in [-0.2, -0.15) is 0 Å². The first kappa shape index (κ1) is 17.3. The van der Waals surface area contributed by atoms with Crippen LogP contribution in [0.3, 0.4) is 0 Å². The summed E-state index contributed by atoms with van der Waals surface area (Å²) in [7, 11) is 4.36. The molecule has 0 radical (unpaired) electrons. The molecule has 126 valence electrons. The van der Waals surface area contributed by atoms with Gasteiger partial charge in [0.2, 0.25) is 0 Å².